The summed E-state index contributed by atoms with van der Waals surface area (Å²) in [6.07, 6.45) is -0.919. The van der Waals surface area contributed by atoms with E-state index in [1.807, 2.05) is 11.8 Å². The summed E-state index contributed by atoms with van der Waals surface area (Å²) in [7, 11) is 1.61. The van der Waals surface area contributed by atoms with E-state index in [4.69, 9.17) is 0 Å². The van der Waals surface area contributed by atoms with Crippen molar-refractivity contribution in [3.63, 3.8) is 0 Å². The van der Waals surface area contributed by atoms with Gasteiger partial charge in [0.1, 0.15) is 17.4 Å². The maximum absolute atomic E-state index is 13.6. The molecule has 1 aliphatic heterocycles. The number of amides is 1. The van der Waals surface area contributed by atoms with Crippen molar-refractivity contribution in [1.29, 1.82) is 0 Å². The Morgan fingerprint density at radius 2 is 1.81 bits per heavy atom. The molecule has 8 heteroatoms. The van der Waals surface area contributed by atoms with Gasteiger partial charge in [0.2, 0.25) is 5.91 Å². The van der Waals surface area contributed by atoms with Crippen molar-refractivity contribution in [3.8, 4) is 0 Å². The molecule has 2 rings (SSSR count). The lowest BCUT2D eigenvalue weighted by Gasteiger charge is -2.37. The van der Waals surface area contributed by atoms with Crippen molar-refractivity contribution in [2.75, 3.05) is 26.7 Å². The average Bonchev–Trinajstić information content (AvgIpc) is 2.58. The molecule has 1 aliphatic rings. The van der Waals surface area contributed by atoms with E-state index in [1.165, 1.54) is 4.90 Å². The molecule has 26 heavy (non-hydrogen) atoms. The highest BCUT2D eigenvalue weighted by Gasteiger charge is 2.27. The third-order valence-corrected chi connectivity index (χ3v) is 4.13. The van der Waals surface area contributed by atoms with Crippen LogP contribution in [-0.4, -0.2) is 54.0 Å². The number of ketones is 1. The molecule has 0 N–H and O–H groups in total. The van der Waals surface area contributed by atoms with Crippen molar-refractivity contribution in [3.05, 3.63) is 47.4 Å². The number of carbonyl (C=O) groups is 2. The normalized spacial score (nSPS) is 16.1. The van der Waals surface area contributed by atoms with Crippen LogP contribution in [0.3, 0.4) is 0 Å². The Hall–Kier alpha value is -2.64. The van der Waals surface area contributed by atoms with Crippen LogP contribution >= 0.6 is 0 Å². The van der Waals surface area contributed by atoms with Gasteiger partial charge in [0.25, 0.3) is 0 Å². The average molecular weight is 367 g/mol. The van der Waals surface area contributed by atoms with Crippen molar-refractivity contribution in [1.82, 2.24) is 9.80 Å². The molecule has 0 bridgehead atoms. The number of piperazine rings is 1. The molecule has 0 unspecified atom stereocenters. The van der Waals surface area contributed by atoms with Crippen molar-refractivity contribution < 1.29 is 22.8 Å². The number of hydrogen-bond acceptors (Lipinski definition) is 3. The molecule has 0 aliphatic carbocycles. The number of Topliss-reactive ketones (excluding diaryl/α,β-unsaturated/α-hetero) is 1. The van der Waals surface area contributed by atoms with Crippen LogP contribution in [0, 0.1) is 17.5 Å². The highest BCUT2D eigenvalue weighted by molar-refractivity contribution is 6.00. The summed E-state index contributed by atoms with van der Waals surface area (Å²) in [5, 5.41) is 0. The van der Waals surface area contributed by atoms with E-state index in [0.29, 0.717) is 31.1 Å². The van der Waals surface area contributed by atoms with Crippen LogP contribution in [0.5, 0.6) is 0 Å². The lowest BCUT2D eigenvalue weighted by atomic mass is 10.1. The Morgan fingerprint density at radius 3 is 2.42 bits per heavy atom. The second-order valence-electron chi connectivity index (χ2n) is 6.09. The molecule has 0 spiro atoms. The van der Waals surface area contributed by atoms with Gasteiger partial charge in [-0.15, -0.1) is 0 Å². The lowest BCUT2D eigenvalue weighted by molar-refractivity contribution is -0.135. The number of benzene rings is 1. The zero-order valence-electron chi connectivity index (χ0n) is 14.7. The fraction of sp³-hybridized carbons (Fsp3) is 0.389. The van der Waals surface area contributed by atoms with Crippen LogP contribution < -0.4 is 0 Å². The first-order valence-corrected chi connectivity index (χ1v) is 8.04. The van der Waals surface area contributed by atoms with Gasteiger partial charge in [0.15, 0.2) is 11.6 Å². The second-order valence-corrected chi connectivity index (χ2v) is 6.09. The maximum atomic E-state index is 13.6. The van der Waals surface area contributed by atoms with Crippen LogP contribution in [0.15, 0.2) is 29.4 Å². The van der Waals surface area contributed by atoms with Crippen LogP contribution in [0.25, 0.3) is 0 Å². The third kappa shape index (κ3) is 4.50. The zero-order chi connectivity index (χ0) is 19.4. The van der Waals surface area contributed by atoms with Gasteiger partial charge in [-0.2, -0.15) is 0 Å². The van der Waals surface area contributed by atoms with Crippen LogP contribution in [0.4, 0.5) is 13.2 Å². The van der Waals surface area contributed by atoms with Crippen LogP contribution in [0.2, 0.25) is 0 Å². The summed E-state index contributed by atoms with van der Waals surface area (Å²) >= 11 is 0. The number of rotatable bonds is 5. The predicted molar refractivity (Wildman–Crippen MR) is 91.1 cm³/mol. The fourth-order valence-corrected chi connectivity index (χ4v) is 2.75. The first kappa shape index (κ1) is 19.7. The van der Waals surface area contributed by atoms with Gasteiger partial charge in [-0.3, -0.25) is 14.6 Å². The number of amidine groups is 1. The molecule has 5 nitrogen and oxygen atoms in total. The fourth-order valence-electron chi connectivity index (χ4n) is 2.75. The van der Waals surface area contributed by atoms with Gasteiger partial charge in [-0.1, -0.05) is 6.58 Å². The number of aliphatic imine (C=N–C) groups is 1. The van der Waals surface area contributed by atoms with Crippen molar-refractivity contribution >= 4 is 17.5 Å². The Balaban J connectivity index is 1.99. The van der Waals surface area contributed by atoms with E-state index in [2.05, 4.69) is 11.6 Å². The maximum Gasteiger partial charge on any atom is 0.230 e. The van der Waals surface area contributed by atoms with Crippen molar-refractivity contribution in [2.45, 2.75) is 19.8 Å². The monoisotopic (exact) mass is 367 g/mol. The zero-order valence-corrected chi connectivity index (χ0v) is 14.7. The first-order valence-electron chi connectivity index (χ1n) is 8.04. The molecule has 0 saturated carbocycles. The van der Waals surface area contributed by atoms with Gasteiger partial charge >= 0.3 is 0 Å². The standard InChI is InChI=1S/C18H20F3N3O2/c1-11(2)24-5-4-23(10-17(24)22-3)18(26)8-13(25)6-12-7-15(20)16(21)9-14(12)19/h7,9H,1,4-6,8,10H2,2-3H3. The summed E-state index contributed by atoms with van der Waals surface area (Å²) in [5.74, 6) is -3.90. The molecule has 1 amide bonds. The molecular formula is C18H20F3N3O2. The van der Waals surface area contributed by atoms with E-state index < -0.39 is 42.0 Å². The molecule has 1 aromatic rings. The van der Waals surface area contributed by atoms with Gasteiger partial charge in [0.05, 0.1) is 13.0 Å². The Bertz CT molecular complexity index is 777. The van der Waals surface area contributed by atoms with Gasteiger partial charge in [0, 0.05) is 38.3 Å². The highest BCUT2D eigenvalue weighted by Crippen LogP contribution is 2.16. The number of halogens is 3. The Kier molecular flexibility index (Phi) is 6.18. The quantitative estimate of drug-likeness (QED) is 0.593. The number of nitrogens with zero attached hydrogens (tertiary/aromatic N) is 3. The highest BCUT2D eigenvalue weighted by atomic mass is 19.2. The molecule has 1 heterocycles. The predicted octanol–water partition coefficient (Wildman–Crippen LogP) is 2.31. The molecule has 1 fully saturated rings. The smallest absolute Gasteiger partial charge is 0.230 e. The van der Waals surface area contributed by atoms with E-state index in [1.54, 1.807) is 7.05 Å². The van der Waals surface area contributed by atoms with Crippen molar-refractivity contribution in [2.24, 2.45) is 4.99 Å². The minimum Gasteiger partial charge on any atom is -0.333 e. The topological polar surface area (TPSA) is 53.0 Å². The molecule has 0 radical (unpaired) electrons. The van der Waals surface area contributed by atoms with E-state index in [0.717, 1.165) is 5.70 Å². The number of carbonyl (C=O) groups excluding carboxylic acids is 2. The summed E-state index contributed by atoms with van der Waals surface area (Å²) in [6, 6.07) is 1.03. The van der Waals surface area contributed by atoms with Gasteiger partial charge in [-0.05, 0) is 18.6 Å². The summed E-state index contributed by atoms with van der Waals surface area (Å²) in [5.41, 5.74) is 0.534. The summed E-state index contributed by atoms with van der Waals surface area (Å²) in [4.78, 5) is 31.9. The molecular weight excluding hydrogens is 347 g/mol. The molecule has 0 aromatic heterocycles. The SMILES string of the molecule is C=C(C)N1CCN(C(=O)CC(=O)Cc2cc(F)c(F)cc2F)CC1=NC. The molecule has 1 saturated heterocycles. The number of hydrogen-bond donors (Lipinski definition) is 0. The summed E-state index contributed by atoms with van der Waals surface area (Å²) < 4.78 is 39.7. The van der Waals surface area contributed by atoms with Gasteiger partial charge in [-0.25, -0.2) is 13.2 Å². The van der Waals surface area contributed by atoms with Gasteiger partial charge < -0.3 is 9.80 Å². The molecule has 1 aromatic carbocycles. The van der Waals surface area contributed by atoms with Crippen LogP contribution in [0.1, 0.15) is 18.9 Å². The largest absolute Gasteiger partial charge is 0.333 e. The number of allylic oxidation sites excluding steroid dienone is 1. The Morgan fingerprint density at radius 1 is 1.15 bits per heavy atom. The molecule has 140 valence electrons. The second kappa shape index (κ2) is 8.16. The molecule has 0 atom stereocenters. The lowest BCUT2D eigenvalue weighted by Crippen LogP contribution is -2.51. The van der Waals surface area contributed by atoms with Crippen LogP contribution in [-0.2, 0) is 16.0 Å². The van der Waals surface area contributed by atoms with E-state index >= 15 is 0 Å². The first-order chi connectivity index (χ1) is 12.2. The summed E-state index contributed by atoms with van der Waals surface area (Å²) in [6.45, 7) is 6.85. The van der Waals surface area contributed by atoms with E-state index in [-0.39, 0.29) is 12.1 Å². The van der Waals surface area contributed by atoms with E-state index in [9.17, 15) is 22.8 Å². The third-order valence-electron chi connectivity index (χ3n) is 4.13. The minimum absolute atomic E-state index is 0.245. The Labute approximate surface area is 149 Å². The minimum atomic E-state index is -1.32.